The van der Waals surface area contributed by atoms with E-state index in [9.17, 15) is 5.11 Å². The molecule has 2 aliphatic heterocycles. The highest BCUT2D eigenvalue weighted by atomic mass is 16.5. The summed E-state index contributed by atoms with van der Waals surface area (Å²) in [5.74, 6) is 0.991. The predicted octanol–water partition coefficient (Wildman–Crippen LogP) is 2.92. The average molecular weight is 326 g/mol. The van der Waals surface area contributed by atoms with E-state index < -0.39 is 0 Å². The third kappa shape index (κ3) is 3.02. The smallest absolute Gasteiger partial charge is 0.123 e. The lowest BCUT2D eigenvalue weighted by molar-refractivity contribution is 0.0217. The highest BCUT2D eigenvalue weighted by molar-refractivity contribution is 5.91. The van der Waals surface area contributed by atoms with Crippen molar-refractivity contribution >= 4 is 10.8 Å². The molecule has 2 fully saturated rings. The van der Waals surface area contributed by atoms with E-state index >= 15 is 0 Å². The zero-order valence-corrected chi connectivity index (χ0v) is 14.1. The lowest BCUT2D eigenvalue weighted by atomic mass is 9.83. The Bertz CT molecular complexity index is 673. The summed E-state index contributed by atoms with van der Waals surface area (Å²) in [7, 11) is 0. The van der Waals surface area contributed by atoms with Crippen LogP contribution in [-0.4, -0.2) is 49.4 Å². The van der Waals surface area contributed by atoms with Gasteiger partial charge >= 0.3 is 0 Å². The van der Waals surface area contributed by atoms with E-state index in [0.717, 1.165) is 57.6 Å². The molecule has 2 aromatic carbocycles. The highest BCUT2D eigenvalue weighted by Gasteiger charge is 2.32. The number of phenols is 1. The van der Waals surface area contributed by atoms with Gasteiger partial charge in [-0.25, -0.2) is 0 Å². The Balaban J connectivity index is 1.79. The summed E-state index contributed by atoms with van der Waals surface area (Å²) in [6.45, 7) is 5.99. The van der Waals surface area contributed by atoms with Gasteiger partial charge in [0.15, 0.2) is 0 Å². The minimum absolute atomic E-state index is 0.375. The maximum atomic E-state index is 10.3. The van der Waals surface area contributed by atoms with E-state index in [1.807, 2.05) is 18.2 Å². The number of hydrogen-bond acceptors (Lipinski definition) is 4. The van der Waals surface area contributed by atoms with E-state index in [1.165, 1.54) is 10.9 Å². The fraction of sp³-hybridized carbons (Fsp3) is 0.500. The third-order valence-corrected chi connectivity index (χ3v) is 5.51. The van der Waals surface area contributed by atoms with Crippen LogP contribution in [-0.2, 0) is 4.74 Å². The molecule has 1 atom stereocenters. The zero-order chi connectivity index (χ0) is 16.4. The molecule has 0 saturated carbocycles. The van der Waals surface area contributed by atoms with Crippen LogP contribution in [0.5, 0.6) is 5.75 Å². The first-order valence-corrected chi connectivity index (χ1v) is 9.08. The summed E-state index contributed by atoms with van der Waals surface area (Å²) in [4.78, 5) is 2.63. The average Bonchev–Trinajstić information content (AvgIpc) is 2.66. The number of piperazine rings is 1. The Labute approximate surface area is 143 Å². The molecule has 0 amide bonds. The van der Waals surface area contributed by atoms with E-state index in [-0.39, 0.29) is 0 Å². The van der Waals surface area contributed by atoms with Gasteiger partial charge in [0.25, 0.3) is 0 Å². The van der Waals surface area contributed by atoms with Crippen LogP contribution in [0.25, 0.3) is 10.8 Å². The molecule has 0 aromatic heterocycles. The van der Waals surface area contributed by atoms with E-state index in [1.54, 1.807) is 0 Å². The van der Waals surface area contributed by atoms with Crippen LogP contribution < -0.4 is 5.32 Å². The largest absolute Gasteiger partial charge is 0.507 e. The molecule has 0 aliphatic carbocycles. The first-order chi connectivity index (χ1) is 11.8. The van der Waals surface area contributed by atoms with Gasteiger partial charge in [-0.3, -0.25) is 4.90 Å². The molecule has 2 aromatic rings. The molecule has 128 valence electrons. The van der Waals surface area contributed by atoms with Crippen LogP contribution in [0.1, 0.15) is 24.4 Å². The number of hydrogen-bond donors (Lipinski definition) is 2. The first kappa shape index (κ1) is 15.9. The van der Waals surface area contributed by atoms with Crippen LogP contribution >= 0.6 is 0 Å². The number of phenolic OH excluding ortho intramolecular Hbond substituents is 1. The predicted molar refractivity (Wildman–Crippen MR) is 96.3 cm³/mol. The number of ether oxygens (including phenoxy) is 1. The molecule has 0 spiro atoms. The molecule has 0 unspecified atom stereocenters. The standard InChI is InChI=1S/C20H26N2O2/c23-19-6-5-18(16-3-1-2-4-17(16)19)20(15-7-13-24-14-8-15)22-11-9-21-10-12-22/h1-6,15,20-21,23H,7-14H2/t20-/m0/s1. The van der Waals surface area contributed by atoms with Crippen LogP contribution in [0.4, 0.5) is 0 Å². The van der Waals surface area contributed by atoms with Crippen molar-refractivity contribution in [2.24, 2.45) is 5.92 Å². The molecule has 2 heterocycles. The van der Waals surface area contributed by atoms with Crippen molar-refractivity contribution in [1.82, 2.24) is 10.2 Å². The molecule has 4 nitrogen and oxygen atoms in total. The monoisotopic (exact) mass is 326 g/mol. The van der Waals surface area contributed by atoms with Gasteiger partial charge in [0, 0.05) is 50.8 Å². The quantitative estimate of drug-likeness (QED) is 0.910. The van der Waals surface area contributed by atoms with Crippen LogP contribution in [0.3, 0.4) is 0 Å². The maximum absolute atomic E-state index is 10.3. The lowest BCUT2D eigenvalue weighted by Crippen LogP contribution is -2.47. The summed E-state index contributed by atoms with van der Waals surface area (Å²) in [5.41, 5.74) is 1.36. The normalized spacial score (nSPS) is 21.8. The summed E-state index contributed by atoms with van der Waals surface area (Å²) in [6.07, 6.45) is 2.23. The second-order valence-electron chi connectivity index (χ2n) is 6.90. The van der Waals surface area contributed by atoms with Crippen molar-refractivity contribution in [2.45, 2.75) is 18.9 Å². The van der Waals surface area contributed by atoms with E-state index in [2.05, 4.69) is 28.4 Å². The van der Waals surface area contributed by atoms with E-state index in [0.29, 0.717) is 17.7 Å². The Morgan fingerprint density at radius 1 is 1.00 bits per heavy atom. The fourth-order valence-electron chi connectivity index (χ4n) is 4.31. The van der Waals surface area contributed by atoms with Gasteiger partial charge < -0.3 is 15.2 Å². The molecule has 0 radical (unpaired) electrons. The fourth-order valence-corrected chi connectivity index (χ4v) is 4.31. The number of fused-ring (bicyclic) bond motifs is 1. The summed E-state index contributed by atoms with van der Waals surface area (Å²) >= 11 is 0. The van der Waals surface area contributed by atoms with Gasteiger partial charge in [-0.05, 0) is 35.8 Å². The highest BCUT2D eigenvalue weighted by Crippen LogP contribution is 2.40. The van der Waals surface area contributed by atoms with Crippen molar-refractivity contribution < 1.29 is 9.84 Å². The molecule has 2 N–H and O–H groups in total. The maximum Gasteiger partial charge on any atom is 0.123 e. The minimum atomic E-state index is 0.375. The molecule has 0 bridgehead atoms. The molecular weight excluding hydrogens is 300 g/mol. The Hall–Kier alpha value is -1.62. The summed E-state index contributed by atoms with van der Waals surface area (Å²) in [5, 5.41) is 15.9. The zero-order valence-electron chi connectivity index (χ0n) is 14.1. The summed E-state index contributed by atoms with van der Waals surface area (Å²) in [6, 6.07) is 12.7. The Kier molecular flexibility index (Phi) is 4.69. The van der Waals surface area contributed by atoms with Gasteiger partial charge in [-0.1, -0.05) is 30.3 Å². The molecule has 2 aliphatic rings. The molecule has 2 saturated heterocycles. The van der Waals surface area contributed by atoms with Crippen molar-refractivity contribution in [3.8, 4) is 5.75 Å². The summed E-state index contributed by atoms with van der Waals surface area (Å²) < 4.78 is 5.61. The van der Waals surface area contributed by atoms with Gasteiger partial charge in [0.2, 0.25) is 0 Å². The number of aromatic hydroxyl groups is 1. The lowest BCUT2D eigenvalue weighted by Gasteiger charge is -2.41. The molecule has 24 heavy (non-hydrogen) atoms. The van der Waals surface area contributed by atoms with Gasteiger partial charge in [0.05, 0.1) is 0 Å². The third-order valence-electron chi connectivity index (χ3n) is 5.51. The van der Waals surface area contributed by atoms with Crippen LogP contribution in [0.2, 0.25) is 0 Å². The first-order valence-electron chi connectivity index (χ1n) is 9.08. The minimum Gasteiger partial charge on any atom is -0.507 e. The van der Waals surface area contributed by atoms with Gasteiger partial charge in [0.1, 0.15) is 5.75 Å². The number of nitrogens with one attached hydrogen (secondary N) is 1. The van der Waals surface area contributed by atoms with Crippen molar-refractivity contribution in [3.05, 3.63) is 42.0 Å². The SMILES string of the molecule is Oc1ccc([C@H](C2CCOCC2)N2CCNCC2)c2ccccc12. The van der Waals surface area contributed by atoms with Crippen molar-refractivity contribution in [3.63, 3.8) is 0 Å². The number of benzene rings is 2. The Morgan fingerprint density at radius 2 is 1.71 bits per heavy atom. The van der Waals surface area contributed by atoms with Crippen LogP contribution in [0.15, 0.2) is 36.4 Å². The molecular formula is C20H26N2O2. The topological polar surface area (TPSA) is 44.7 Å². The number of nitrogens with zero attached hydrogens (tertiary/aromatic N) is 1. The van der Waals surface area contributed by atoms with Gasteiger partial charge in [-0.2, -0.15) is 0 Å². The molecule has 4 rings (SSSR count). The van der Waals surface area contributed by atoms with Crippen LogP contribution in [0, 0.1) is 5.92 Å². The van der Waals surface area contributed by atoms with Crippen molar-refractivity contribution in [1.29, 1.82) is 0 Å². The van der Waals surface area contributed by atoms with E-state index in [4.69, 9.17) is 4.74 Å². The second kappa shape index (κ2) is 7.09. The second-order valence-corrected chi connectivity index (χ2v) is 6.90. The molecule has 4 heteroatoms. The van der Waals surface area contributed by atoms with Gasteiger partial charge in [-0.15, -0.1) is 0 Å². The number of rotatable bonds is 3. The van der Waals surface area contributed by atoms with Crippen molar-refractivity contribution in [2.75, 3.05) is 39.4 Å². The Morgan fingerprint density at radius 3 is 2.46 bits per heavy atom.